The third-order valence-corrected chi connectivity index (χ3v) is 3.52. The summed E-state index contributed by atoms with van der Waals surface area (Å²) in [6, 6.07) is -0.364. The van der Waals surface area contributed by atoms with Gasteiger partial charge in [-0.1, -0.05) is 32.3 Å². The standard InChI is InChI=1S/C15H25NO4/c1-3-11(2)19-15(18)20-14(17)12-9-7-5-4-6-8-10-13(12)16/h9,11,13H,3-8,10,16H2,1-2H3/b12-9+/t11?,13-/m1/s1. The minimum absolute atomic E-state index is 0.265. The zero-order valence-electron chi connectivity index (χ0n) is 12.4. The van der Waals surface area contributed by atoms with Gasteiger partial charge in [0.25, 0.3) is 0 Å². The second-order valence-electron chi connectivity index (χ2n) is 5.23. The van der Waals surface area contributed by atoms with Gasteiger partial charge in [0.15, 0.2) is 0 Å². The lowest BCUT2D eigenvalue weighted by molar-refractivity contribution is -0.136. The molecule has 0 aliphatic heterocycles. The highest BCUT2D eigenvalue weighted by Crippen LogP contribution is 2.17. The molecule has 0 bridgehead atoms. The van der Waals surface area contributed by atoms with Gasteiger partial charge in [-0.05, 0) is 32.6 Å². The number of hydrogen-bond donors (Lipinski definition) is 1. The Balaban J connectivity index is 2.60. The molecule has 1 aliphatic rings. The Morgan fingerprint density at radius 1 is 1.35 bits per heavy atom. The first-order chi connectivity index (χ1) is 9.54. The molecule has 0 aromatic heterocycles. The minimum Gasteiger partial charge on any atom is -0.431 e. The molecule has 2 N–H and O–H groups in total. The number of ether oxygens (including phenoxy) is 2. The average Bonchev–Trinajstić information content (AvgIpc) is 2.50. The molecule has 114 valence electrons. The van der Waals surface area contributed by atoms with Crippen LogP contribution in [-0.4, -0.2) is 24.3 Å². The molecule has 5 nitrogen and oxygen atoms in total. The van der Waals surface area contributed by atoms with Crippen molar-refractivity contribution in [2.45, 2.75) is 70.9 Å². The van der Waals surface area contributed by atoms with E-state index in [4.69, 9.17) is 15.2 Å². The molecule has 0 saturated carbocycles. The van der Waals surface area contributed by atoms with Gasteiger partial charge in [0, 0.05) is 6.04 Å². The molecule has 0 fully saturated rings. The molecule has 0 spiro atoms. The quantitative estimate of drug-likeness (QED) is 0.636. The zero-order valence-corrected chi connectivity index (χ0v) is 12.4. The van der Waals surface area contributed by atoms with E-state index in [1.807, 2.05) is 6.92 Å². The highest BCUT2D eigenvalue weighted by atomic mass is 16.7. The summed E-state index contributed by atoms with van der Waals surface area (Å²) in [7, 11) is 0. The monoisotopic (exact) mass is 283 g/mol. The van der Waals surface area contributed by atoms with Crippen LogP contribution in [0.3, 0.4) is 0 Å². The van der Waals surface area contributed by atoms with Crippen molar-refractivity contribution in [3.63, 3.8) is 0 Å². The summed E-state index contributed by atoms with van der Waals surface area (Å²) < 4.78 is 9.65. The van der Waals surface area contributed by atoms with Gasteiger partial charge < -0.3 is 15.2 Å². The van der Waals surface area contributed by atoms with Crippen LogP contribution in [0.4, 0.5) is 4.79 Å². The molecule has 0 aromatic rings. The Morgan fingerprint density at radius 3 is 2.75 bits per heavy atom. The van der Waals surface area contributed by atoms with E-state index in [1.54, 1.807) is 13.0 Å². The molecule has 1 rings (SSSR count). The molecule has 0 saturated heterocycles. The van der Waals surface area contributed by atoms with E-state index in [2.05, 4.69) is 0 Å². The molecular formula is C15H25NO4. The summed E-state index contributed by atoms with van der Waals surface area (Å²) in [5.41, 5.74) is 6.40. The van der Waals surface area contributed by atoms with Crippen LogP contribution in [0.1, 0.15) is 58.8 Å². The Hall–Kier alpha value is -1.36. The predicted molar refractivity (Wildman–Crippen MR) is 76.1 cm³/mol. The van der Waals surface area contributed by atoms with Gasteiger partial charge in [-0.3, -0.25) is 0 Å². The molecular weight excluding hydrogens is 258 g/mol. The maximum atomic E-state index is 12.0. The summed E-state index contributed by atoms with van der Waals surface area (Å²) in [5, 5.41) is 0. The van der Waals surface area contributed by atoms with Crippen LogP contribution < -0.4 is 5.73 Å². The van der Waals surface area contributed by atoms with Crippen molar-refractivity contribution in [1.29, 1.82) is 0 Å². The predicted octanol–water partition coefficient (Wildman–Crippen LogP) is 3.07. The van der Waals surface area contributed by atoms with E-state index in [9.17, 15) is 9.59 Å². The van der Waals surface area contributed by atoms with E-state index in [0.29, 0.717) is 12.0 Å². The van der Waals surface area contributed by atoms with E-state index < -0.39 is 12.1 Å². The normalized spacial score (nSPS) is 24.4. The first kappa shape index (κ1) is 16.7. The SMILES string of the molecule is CCC(C)OC(=O)OC(=O)/C1=C/CCCCCC[C@H]1N. The van der Waals surface area contributed by atoms with Crippen molar-refractivity contribution in [2.75, 3.05) is 0 Å². The first-order valence-corrected chi connectivity index (χ1v) is 7.43. The van der Waals surface area contributed by atoms with Gasteiger partial charge in [0.2, 0.25) is 0 Å². The van der Waals surface area contributed by atoms with E-state index in [0.717, 1.165) is 38.5 Å². The maximum Gasteiger partial charge on any atom is 0.516 e. The Labute approximate surface area is 120 Å². The fourth-order valence-corrected chi connectivity index (χ4v) is 2.07. The third kappa shape index (κ3) is 5.74. The summed E-state index contributed by atoms with van der Waals surface area (Å²) in [4.78, 5) is 23.5. The summed E-state index contributed by atoms with van der Waals surface area (Å²) >= 11 is 0. The Morgan fingerprint density at radius 2 is 2.05 bits per heavy atom. The smallest absolute Gasteiger partial charge is 0.431 e. The second kappa shape index (κ2) is 8.74. The van der Waals surface area contributed by atoms with E-state index in [-0.39, 0.29) is 12.1 Å². The molecule has 2 atom stereocenters. The number of carbonyl (C=O) groups is 2. The van der Waals surface area contributed by atoms with E-state index in [1.165, 1.54) is 0 Å². The van der Waals surface area contributed by atoms with Gasteiger partial charge >= 0.3 is 12.1 Å². The zero-order chi connectivity index (χ0) is 15.0. The molecule has 20 heavy (non-hydrogen) atoms. The van der Waals surface area contributed by atoms with Gasteiger partial charge in [0.1, 0.15) is 6.10 Å². The van der Waals surface area contributed by atoms with Gasteiger partial charge in [-0.15, -0.1) is 0 Å². The molecule has 0 aromatic carbocycles. The van der Waals surface area contributed by atoms with Crippen molar-refractivity contribution < 1.29 is 19.1 Å². The van der Waals surface area contributed by atoms with Crippen molar-refractivity contribution >= 4 is 12.1 Å². The van der Waals surface area contributed by atoms with Crippen molar-refractivity contribution in [3.05, 3.63) is 11.6 Å². The lowest BCUT2D eigenvalue weighted by atomic mass is 10.0. The molecule has 5 heteroatoms. The number of carbonyl (C=O) groups excluding carboxylic acids is 2. The number of rotatable bonds is 3. The van der Waals surface area contributed by atoms with Crippen molar-refractivity contribution in [1.82, 2.24) is 0 Å². The third-order valence-electron chi connectivity index (χ3n) is 3.52. The fraction of sp³-hybridized carbons (Fsp3) is 0.733. The Bertz CT molecular complexity index is 365. The largest absolute Gasteiger partial charge is 0.516 e. The van der Waals surface area contributed by atoms with Gasteiger partial charge in [0.05, 0.1) is 5.57 Å². The topological polar surface area (TPSA) is 78.6 Å². The summed E-state index contributed by atoms with van der Waals surface area (Å²) in [6.07, 6.45) is 7.07. The van der Waals surface area contributed by atoms with Crippen LogP contribution in [0.2, 0.25) is 0 Å². The second-order valence-corrected chi connectivity index (χ2v) is 5.23. The molecule has 1 unspecified atom stereocenters. The fourth-order valence-electron chi connectivity index (χ4n) is 2.07. The van der Waals surface area contributed by atoms with Crippen LogP contribution in [0.25, 0.3) is 0 Å². The summed E-state index contributed by atoms with van der Waals surface area (Å²) in [5.74, 6) is -0.673. The van der Waals surface area contributed by atoms with Crippen LogP contribution in [0, 0.1) is 0 Å². The average molecular weight is 283 g/mol. The lowest BCUT2D eigenvalue weighted by Gasteiger charge is -2.15. The Kier molecular flexibility index (Phi) is 7.30. The molecule has 0 heterocycles. The van der Waals surface area contributed by atoms with E-state index >= 15 is 0 Å². The highest BCUT2D eigenvalue weighted by Gasteiger charge is 2.23. The number of nitrogens with two attached hydrogens (primary N) is 1. The lowest BCUT2D eigenvalue weighted by Crippen LogP contribution is -2.30. The molecule has 0 amide bonds. The highest BCUT2D eigenvalue weighted by molar-refractivity contribution is 5.95. The number of allylic oxidation sites excluding steroid dienone is 1. The number of esters is 1. The minimum atomic E-state index is -0.947. The van der Waals surface area contributed by atoms with Crippen LogP contribution in [0.15, 0.2) is 11.6 Å². The van der Waals surface area contributed by atoms with Crippen LogP contribution in [-0.2, 0) is 14.3 Å². The van der Waals surface area contributed by atoms with Gasteiger partial charge in [-0.25, -0.2) is 9.59 Å². The van der Waals surface area contributed by atoms with Crippen molar-refractivity contribution in [3.8, 4) is 0 Å². The first-order valence-electron chi connectivity index (χ1n) is 7.43. The van der Waals surface area contributed by atoms with Crippen LogP contribution >= 0.6 is 0 Å². The molecule has 0 radical (unpaired) electrons. The molecule has 1 aliphatic carbocycles. The van der Waals surface area contributed by atoms with Crippen molar-refractivity contribution in [2.24, 2.45) is 5.73 Å². The maximum absolute atomic E-state index is 12.0. The van der Waals surface area contributed by atoms with Gasteiger partial charge in [-0.2, -0.15) is 0 Å². The summed E-state index contributed by atoms with van der Waals surface area (Å²) in [6.45, 7) is 3.63. The number of hydrogen-bond acceptors (Lipinski definition) is 5. The van der Waals surface area contributed by atoms with Crippen LogP contribution in [0.5, 0.6) is 0 Å².